The van der Waals surface area contributed by atoms with Crippen LogP contribution in [0.3, 0.4) is 0 Å². The molecule has 2 aromatic carbocycles. The lowest BCUT2D eigenvalue weighted by atomic mass is 9.85. The highest BCUT2D eigenvalue weighted by Gasteiger charge is 2.25. The number of nitrogens with one attached hydrogen (secondary N) is 1. The molecule has 0 spiro atoms. The van der Waals surface area contributed by atoms with E-state index in [1.165, 1.54) is 7.11 Å². The summed E-state index contributed by atoms with van der Waals surface area (Å²) in [5, 5.41) is 3.15. The molecule has 0 heterocycles. The number of carbonyl (C=O) groups excluding carboxylic acids is 1. The van der Waals surface area contributed by atoms with Crippen molar-refractivity contribution < 1.29 is 19.0 Å². The van der Waals surface area contributed by atoms with Crippen LogP contribution in [0, 0.1) is 5.41 Å². The van der Waals surface area contributed by atoms with Gasteiger partial charge in [0, 0.05) is 12.1 Å². The van der Waals surface area contributed by atoms with Crippen LogP contribution in [-0.2, 0) is 0 Å². The highest BCUT2D eigenvalue weighted by molar-refractivity contribution is 5.98. The molecule has 27 heavy (non-hydrogen) atoms. The van der Waals surface area contributed by atoms with Crippen molar-refractivity contribution in [2.75, 3.05) is 21.3 Å². The highest BCUT2D eigenvalue weighted by Crippen LogP contribution is 2.35. The molecule has 0 saturated carbocycles. The zero-order chi connectivity index (χ0) is 20.0. The molecular formula is C22H29NO4. The summed E-state index contributed by atoms with van der Waals surface area (Å²) in [6, 6.07) is 13.2. The molecule has 146 valence electrons. The largest absolute Gasteiger partial charge is 0.496 e. The molecule has 5 heteroatoms. The molecule has 1 unspecified atom stereocenters. The Kier molecular flexibility index (Phi) is 6.72. The first-order valence-electron chi connectivity index (χ1n) is 8.95. The predicted octanol–water partition coefficient (Wildman–Crippen LogP) is 4.62. The van der Waals surface area contributed by atoms with Gasteiger partial charge >= 0.3 is 0 Å². The van der Waals surface area contributed by atoms with E-state index in [1.807, 2.05) is 30.3 Å². The minimum atomic E-state index is -0.217. The van der Waals surface area contributed by atoms with E-state index < -0.39 is 0 Å². The van der Waals surface area contributed by atoms with Crippen molar-refractivity contribution in [3.63, 3.8) is 0 Å². The van der Waals surface area contributed by atoms with Crippen molar-refractivity contribution in [1.29, 1.82) is 0 Å². The van der Waals surface area contributed by atoms with Crippen LogP contribution < -0.4 is 19.5 Å². The molecule has 2 rings (SSSR count). The van der Waals surface area contributed by atoms with Gasteiger partial charge in [-0.05, 0) is 17.4 Å². The Morgan fingerprint density at radius 2 is 1.48 bits per heavy atom. The average Bonchev–Trinajstić information content (AvgIpc) is 2.65. The Labute approximate surface area is 161 Å². The molecular weight excluding hydrogens is 342 g/mol. The third-order valence-electron chi connectivity index (χ3n) is 4.27. The number of ether oxygens (including phenoxy) is 3. The smallest absolute Gasteiger partial charge is 0.255 e. The fourth-order valence-corrected chi connectivity index (χ4v) is 2.99. The van der Waals surface area contributed by atoms with E-state index in [0.717, 1.165) is 12.0 Å². The van der Waals surface area contributed by atoms with E-state index in [2.05, 4.69) is 26.1 Å². The second kappa shape index (κ2) is 8.80. The summed E-state index contributed by atoms with van der Waals surface area (Å²) in [5.74, 6) is 1.22. The van der Waals surface area contributed by atoms with Crippen LogP contribution in [0.5, 0.6) is 17.2 Å². The number of amides is 1. The Morgan fingerprint density at radius 3 is 2.00 bits per heavy atom. The molecule has 0 saturated heterocycles. The van der Waals surface area contributed by atoms with Crippen molar-refractivity contribution in [3.8, 4) is 17.2 Å². The van der Waals surface area contributed by atoms with Gasteiger partial charge in [-0.1, -0.05) is 51.1 Å². The van der Waals surface area contributed by atoms with Crippen LogP contribution >= 0.6 is 0 Å². The average molecular weight is 371 g/mol. The lowest BCUT2D eigenvalue weighted by molar-refractivity contribution is 0.0922. The SMILES string of the molecule is COc1cc(OC)c(C(=O)NC(CC(C)(C)C)c2ccccc2)cc1OC. The van der Waals surface area contributed by atoms with E-state index in [1.54, 1.807) is 26.4 Å². The monoisotopic (exact) mass is 371 g/mol. The molecule has 0 fully saturated rings. The minimum absolute atomic E-state index is 0.0511. The summed E-state index contributed by atoms with van der Waals surface area (Å²) in [7, 11) is 4.62. The lowest BCUT2D eigenvalue weighted by Crippen LogP contribution is -2.31. The van der Waals surface area contributed by atoms with E-state index in [4.69, 9.17) is 14.2 Å². The number of methoxy groups -OCH3 is 3. The van der Waals surface area contributed by atoms with Crippen molar-refractivity contribution >= 4 is 5.91 Å². The molecule has 0 aromatic heterocycles. The minimum Gasteiger partial charge on any atom is -0.496 e. The van der Waals surface area contributed by atoms with Gasteiger partial charge in [0.1, 0.15) is 5.75 Å². The van der Waals surface area contributed by atoms with Gasteiger partial charge in [0.05, 0.1) is 32.9 Å². The predicted molar refractivity (Wildman–Crippen MR) is 107 cm³/mol. The van der Waals surface area contributed by atoms with Crippen LogP contribution in [0.1, 0.15) is 49.2 Å². The third kappa shape index (κ3) is 5.39. The molecule has 1 amide bonds. The van der Waals surface area contributed by atoms with Crippen LogP contribution in [0.25, 0.3) is 0 Å². The van der Waals surface area contributed by atoms with Crippen molar-refractivity contribution in [2.45, 2.75) is 33.2 Å². The zero-order valence-electron chi connectivity index (χ0n) is 17.0. The third-order valence-corrected chi connectivity index (χ3v) is 4.27. The number of hydrogen-bond donors (Lipinski definition) is 1. The van der Waals surface area contributed by atoms with Crippen LogP contribution in [0.15, 0.2) is 42.5 Å². The lowest BCUT2D eigenvalue weighted by Gasteiger charge is -2.27. The maximum atomic E-state index is 13.1. The first-order valence-corrected chi connectivity index (χ1v) is 8.95. The van der Waals surface area contributed by atoms with Crippen LogP contribution in [-0.4, -0.2) is 27.2 Å². The van der Waals surface area contributed by atoms with Gasteiger partial charge in [-0.25, -0.2) is 0 Å². The summed E-state index contributed by atoms with van der Waals surface area (Å²) in [6.07, 6.45) is 0.804. The highest BCUT2D eigenvalue weighted by atomic mass is 16.5. The number of hydrogen-bond acceptors (Lipinski definition) is 4. The summed E-state index contributed by atoms with van der Waals surface area (Å²) in [5.41, 5.74) is 1.53. The summed E-state index contributed by atoms with van der Waals surface area (Å²) >= 11 is 0. The second-order valence-electron chi connectivity index (χ2n) is 7.61. The molecule has 2 aromatic rings. The first kappa shape index (κ1) is 20.6. The van der Waals surface area contributed by atoms with Crippen LogP contribution in [0.2, 0.25) is 0 Å². The normalized spacial score (nSPS) is 12.2. The molecule has 0 radical (unpaired) electrons. The summed E-state index contributed by atoms with van der Waals surface area (Å²) in [4.78, 5) is 13.1. The van der Waals surface area contributed by atoms with Crippen molar-refractivity contribution in [3.05, 3.63) is 53.6 Å². The van der Waals surface area contributed by atoms with Gasteiger partial charge in [0.15, 0.2) is 11.5 Å². The molecule has 1 N–H and O–H groups in total. The topological polar surface area (TPSA) is 56.8 Å². The number of benzene rings is 2. The maximum Gasteiger partial charge on any atom is 0.255 e. The molecule has 5 nitrogen and oxygen atoms in total. The first-order chi connectivity index (χ1) is 12.8. The molecule has 0 aliphatic rings. The van der Waals surface area contributed by atoms with Gasteiger partial charge < -0.3 is 19.5 Å². The Balaban J connectivity index is 2.37. The fraction of sp³-hybridized carbons (Fsp3) is 0.409. The molecule has 1 atom stereocenters. The fourth-order valence-electron chi connectivity index (χ4n) is 2.99. The van der Waals surface area contributed by atoms with E-state index in [-0.39, 0.29) is 17.4 Å². The maximum absolute atomic E-state index is 13.1. The molecule has 0 bridgehead atoms. The van der Waals surface area contributed by atoms with E-state index in [9.17, 15) is 4.79 Å². The van der Waals surface area contributed by atoms with Gasteiger partial charge in [0.2, 0.25) is 0 Å². The molecule has 0 aliphatic heterocycles. The van der Waals surface area contributed by atoms with E-state index in [0.29, 0.717) is 22.8 Å². The standard InChI is InChI=1S/C22H29NO4/c1-22(2,3)14-17(15-10-8-7-9-11-15)23-21(24)16-12-19(26-5)20(27-6)13-18(16)25-4/h7-13,17H,14H2,1-6H3,(H,23,24). The van der Waals surface area contributed by atoms with Gasteiger partial charge in [0.25, 0.3) is 5.91 Å². The van der Waals surface area contributed by atoms with Crippen LogP contribution in [0.4, 0.5) is 0 Å². The second-order valence-corrected chi connectivity index (χ2v) is 7.61. The zero-order valence-corrected chi connectivity index (χ0v) is 17.0. The number of rotatable bonds is 7. The van der Waals surface area contributed by atoms with Gasteiger partial charge in [-0.3, -0.25) is 4.79 Å². The Hall–Kier alpha value is -2.69. The van der Waals surface area contributed by atoms with Gasteiger partial charge in [-0.15, -0.1) is 0 Å². The number of carbonyl (C=O) groups is 1. The Bertz CT molecular complexity index is 766. The van der Waals surface area contributed by atoms with Crippen molar-refractivity contribution in [1.82, 2.24) is 5.32 Å². The summed E-state index contributed by atoms with van der Waals surface area (Å²) in [6.45, 7) is 6.48. The summed E-state index contributed by atoms with van der Waals surface area (Å²) < 4.78 is 16.0. The Morgan fingerprint density at radius 1 is 0.926 bits per heavy atom. The van der Waals surface area contributed by atoms with E-state index >= 15 is 0 Å². The quantitative estimate of drug-likeness (QED) is 0.772. The van der Waals surface area contributed by atoms with Crippen molar-refractivity contribution in [2.24, 2.45) is 5.41 Å². The van der Waals surface area contributed by atoms with Gasteiger partial charge in [-0.2, -0.15) is 0 Å². The molecule has 0 aliphatic carbocycles.